The Morgan fingerprint density at radius 1 is 1.29 bits per heavy atom. The van der Waals surface area contributed by atoms with E-state index >= 15 is 0 Å². The van der Waals surface area contributed by atoms with Gasteiger partial charge in [0.05, 0.1) is 12.2 Å². The van der Waals surface area contributed by atoms with Gasteiger partial charge in [-0.25, -0.2) is 0 Å². The van der Waals surface area contributed by atoms with Crippen LogP contribution in [0.15, 0.2) is 0 Å². The standard InChI is InChI=1S/C15H29NO/c1-4-9-16-13-7-8-15(3,10-13)11-14-6-5-12(2)17-14/h12-14,16H,4-11H2,1-3H3. The Balaban J connectivity index is 1.76. The first-order valence-corrected chi connectivity index (χ1v) is 7.50. The average molecular weight is 239 g/mol. The van der Waals surface area contributed by atoms with Crippen LogP contribution < -0.4 is 5.32 Å². The zero-order valence-corrected chi connectivity index (χ0v) is 11.8. The van der Waals surface area contributed by atoms with Crippen molar-refractivity contribution in [2.75, 3.05) is 6.54 Å². The summed E-state index contributed by atoms with van der Waals surface area (Å²) < 4.78 is 5.98. The van der Waals surface area contributed by atoms with Gasteiger partial charge in [-0.3, -0.25) is 0 Å². The van der Waals surface area contributed by atoms with Crippen molar-refractivity contribution in [2.45, 2.75) is 84.0 Å². The second-order valence-corrected chi connectivity index (χ2v) is 6.55. The van der Waals surface area contributed by atoms with Crippen molar-refractivity contribution < 1.29 is 4.74 Å². The number of hydrogen-bond acceptors (Lipinski definition) is 2. The zero-order valence-electron chi connectivity index (χ0n) is 11.8. The summed E-state index contributed by atoms with van der Waals surface area (Å²) in [5.74, 6) is 0. The lowest BCUT2D eigenvalue weighted by Crippen LogP contribution is -2.29. The average Bonchev–Trinajstić information content (AvgIpc) is 2.83. The highest BCUT2D eigenvalue weighted by Gasteiger charge is 2.38. The molecule has 1 N–H and O–H groups in total. The Morgan fingerprint density at radius 3 is 2.76 bits per heavy atom. The summed E-state index contributed by atoms with van der Waals surface area (Å²) in [6.45, 7) is 8.10. The summed E-state index contributed by atoms with van der Waals surface area (Å²) in [7, 11) is 0. The molecular weight excluding hydrogens is 210 g/mol. The Labute approximate surface area is 107 Å². The summed E-state index contributed by atoms with van der Waals surface area (Å²) in [5, 5.41) is 3.68. The van der Waals surface area contributed by atoms with Gasteiger partial charge < -0.3 is 10.1 Å². The van der Waals surface area contributed by atoms with Gasteiger partial charge in [-0.05, 0) is 63.8 Å². The largest absolute Gasteiger partial charge is 0.375 e. The molecule has 1 aliphatic heterocycles. The molecular formula is C15H29NO. The lowest BCUT2D eigenvalue weighted by atomic mass is 9.82. The first-order valence-electron chi connectivity index (χ1n) is 7.50. The Kier molecular flexibility index (Phi) is 4.48. The van der Waals surface area contributed by atoms with Gasteiger partial charge in [0.15, 0.2) is 0 Å². The fraction of sp³-hybridized carbons (Fsp3) is 1.00. The van der Waals surface area contributed by atoms with Gasteiger partial charge >= 0.3 is 0 Å². The van der Waals surface area contributed by atoms with Gasteiger partial charge in [0.2, 0.25) is 0 Å². The van der Waals surface area contributed by atoms with Crippen LogP contribution in [0.4, 0.5) is 0 Å². The lowest BCUT2D eigenvalue weighted by Gasteiger charge is -2.27. The summed E-state index contributed by atoms with van der Waals surface area (Å²) in [6.07, 6.45) is 10.2. The van der Waals surface area contributed by atoms with Crippen LogP contribution in [0.3, 0.4) is 0 Å². The molecule has 100 valence electrons. The van der Waals surface area contributed by atoms with E-state index in [2.05, 4.69) is 26.1 Å². The van der Waals surface area contributed by atoms with E-state index in [1.807, 2.05) is 0 Å². The molecule has 0 radical (unpaired) electrons. The van der Waals surface area contributed by atoms with E-state index in [0.29, 0.717) is 17.6 Å². The molecule has 2 aliphatic rings. The van der Waals surface area contributed by atoms with E-state index in [-0.39, 0.29) is 0 Å². The van der Waals surface area contributed by atoms with Crippen LogP contribution in [0.5, 0.6) is 0 Å². The Morgan fingerprint density at radius 2 is 2.12 bits per heavy atom. The smallest absolute Gasteiger partial charge is 0.0584 e. The van der Waals surface area contributed by atoms with Crippen LogP contribution in [0.2, 0.25) is 0 Å². The molecule has 1 saturated carbocycles. The van der Waals surface area contributed by atoms with E-state index < -0.39 is 0 Å². The summed E-state index contributed by atoms with van der Waals surface area (Å²) in [4.78, 5) is 0. The van der Waals surface area contributed by atoms with Crippen LogP contribution in [0.1, 0.15) is 65.7 Å². The third kappa shape index (κ3) is 3.69. The van der Waals surface area contributed by atoms with Crippen molar-refractivity contribution in [1.29, 1.82) is 0 Å². The van der Waals surface area contributed by atoms with Crippen LogP contribution in [-0.2, 0) is 4.74 Å². The number of ether oxygens (including phenoxy) is 1. The zero-order chi connectivity index (χ0) is 12.3. The van der Waals surface area contributed by atoms with Crippen molar-refractivity contribution in [3.05, 3.63) is 0 Å². The predicted molar refractivity (Wildman–Crippen MR) is 72.2 cm³/mol. The van der Waals surface area contributed by atoms with Crippen molar-refractivity contribution in [3.8, 4) is 0 Å². The third-order valence-corrected chi connectivity index (χ3v) is 4.56. The fourth-order valence-electron chi connectivity index (χ4n) is 3.61. The van der Waals surface area contributed by atoms with Crippen LogP contribution in [0.25, 0.3) is 0 Å². The highest BCUT2D eigenvalue weighted by Crippen LogP contribution is 2.43. The van der Waals surface area contributed by atoms with Gasteiger partial charge in [-0.15, -0.1) is 0 Å². The van der Waals surface area contributed by atoms with Gasteiger partial charge in [-0.2, -0.15) is 0 Å². The van der Waals surface area contributed by atoms with Gasteiger partial charge in [0.1, 0.15) is 0 Å². The maximum atomic E-state index is 5.98. The van der Waals surface area contributed by atoms with Crippen molar-refractivity contribution >= 4 is 0 Å². The van der Waals surface area contributed by atoms with Crippen LogP contribution in [-0.4, -0.2) is 24.8 Å². The number of nitrogens with one attached hydrogen (secondary N) is 1. The minimum atomic E-state index is 0.499. The minimum absolute atomic E-state index is 0.499. The monoisotopic (exact) mass is 239 g/mol. The van der Waals surface area contributed by atoms with Crippen LogP contribution in [0, 0.1) is 5.41 Å². The fourth-order valence-corrected chi connectivity index (χ4v) is 3.61. The molecule has 1 heterocycles. The molecule has 2 nitrogen and oxygen atoms in total. The molecule has 0 amide bonds. The minimum Gasteiger partial charge on any atom is -0.375 e. The summed E-state index contributed by atoms with van der Waals surface area (Å²) >= 11 is 0. The topological polar surface area (TPSA) is 21.3 Å². The molecule has 0 aromatic carbocycles. The highest BCUT2D eigenvalue weighted by atomic mass is 16.5. The molecule has 4 unspecified atom stereocenters. The molecule has 0 bridgehead atoms. The quantitative estimate of drug-likeness (QED) is 0.793. The lowest BCUT2D eigenvalue weighted by molar-refractivity contribution is 0.0259. The Bertz CT molecular complexity index is 243. The molecule has 2 rings (SSSR count). The normalized spacial score (nSPS) is 42.2. The molecule has 1 saturated heterocycles. The van der Waals surface area contributed by atoms with E-state index in [1.165, 1.54) is 51.5 Å². The van der Waals surface area contributed by atoms with Crippen molar-refractivity contribution in [1.82, 2.24) is 5.32 Å². The maximum absolute atomic E-state index is 5.98. The second kappa shape index (κ2) is 5.71. The van der Waals surface area contributed by atoms with E-state index in [1.54, 1.807) is 0 Å². The second-order valence-electron chi connectivity index (χ2n) is 6.55. The maximum Gasteiger partial charge on any atom is 0.0584 e. The first kappa shape index (κ1) is 13.4. The summed E-state index contributed by atoms with van der Waals surface area (Å²) in [6, 6.07) is 0.763. The summed E-state index contributed by atoms with van der Waals surface area (Å²) in [5.41, 5.74) is 0.528. The number of hydrogen-bond donors (Lipinski definition) is 1. The molecule has 17 heavy (non-hydrogen) atoms. The highest BCUT2D eigenvalue weighted by molar-refractivity contribution is 4.92. The van der Waals surface area contributed by atoms with Gasteiger partial charge in [0, 0.05) is 6.04 Å². The molecule has 1 aliphatic carbocycles. The van der Waals surface area contributed by atoms with Crippen molar-refractivity contribution in [3.63, 3.8) is 0 Å². The SMILES string of the molecule is CCCNC1CCC(C)(CC2CCC(C)O2)C1. The van der Waals surface area contributed by atoms with Crippen LogP contribution >= 0.6 is 0 Å². The molecule has 2 heteroatoms. The molecule has 4 atom stereocenters. The first-order chi connectivity index (χ1) is 8.11. The predicted octanol–water partition coefficient (Wildman–Crippen LogP) is 3.50. The van der Waals surface area contributed by atoms with E-state index in [9.17, 15) is 0 Å². The third-order valence-electron chi connectivity index (χ3n) is 4.56. The van der Waals surface area contributed by atoms with Gasteiger partial charge in [-0.1, -0.05) is 13.8 Å². The molecule has 0 aromatic rings. The molecule has 0 spiro atoms. The van der Waals surface area contributed by atoms with Crippen molar-refractivity contribution in [2.24, 2.45) is 5.41 Å². The van der Waals surface area contributed by atoms with E-state index in [4.69, 9.17) is 4.74 Å². The van der Waals surface area contributed by atoms with E-state index in [0.717, 1.165) is 6.04 Å². The molecule has 2 fully saturated rings. The number of rotatable bonds is 5. The molecule has 0 aromatic heterocycles. The Hall–Kier alpha value is -0.0800. The van der Waals surface area contributed by atoms with Gasteiger partial charge in [0.25, 0.3) is 0 Å².